The number of benzene rings is 1. The Kier molecular flexibility index (Phi) is 6.65. The van der Waals surface area contributed by atoms with E-state index in [9.17, 15) is 14.7 Å². The number of phenols is 1. The van der Waals surface area contributed by atoms with E-state index in [-0.39, 0.29) is 0 Å². The molecule has 0 radical (unpaired) electrons. The van der Waals surface area contributed by atoms with Crippen LogP contribution in [0.5, 0.6) is 5.75 Å². The highest BCUT2D eigenvalue weighted by Crippen LogP contribution is 2.22. The minimum Gasteiger partial charge on any atom is -0.508 e. The molecule has 2 aromatic rings. The molecule has 22 heavy (non-hydrogen) atoms. The summed E-state index contributed by atoms with van der Waals surface area (Å²) in [5.41, 5.74) is 2.32. The van der Waals surface area contributed by atoms with E-state index in [4.69, 9.17) is 10.2 Å². The number of carbonyl (C=O) groups is 2. The lowest BCUT2D eigenvalue weighted by molar-refractivity contribution is -0.134. The number of carboxylic acids is 2. The van der Waals surface area contributed by atoms with Gasteiger partial charge in [0.2, 0.25) is 0 Å². The average molecular weight is 306 g/mol. The molecule has 0 bridgehead atoms. The number of rotatable bonds is 5. The van der Waals surface area contributed by atoms with E-state index in [1.165, 1.54) is 5.56 Å². The van der Waals surface area contributed by atoms with Crippen LogP contribution in [0.25, 0.3) is 10.9 Å². The molecule has 0 unspecified atom stereocenters. The van der Waals surface area contributed by atoms with Gasteiger partial charge in [0.25, 0.3) is 0 Å². The van der Waals surface area contributed by atoms with Crippen LogP contribution in [0, 0.1) is 0 Å². The van der Waals surface area contributed by atoms with Crippen LogP contribution in [0.4, 0.5) is 0 Å². The zero-order chi connectivity index (χ0) is 16.5. The van der Waals surface area contributed by atoms with Crippen molar-refractivity contribution in [2.24, 2.45) is 0 Å². The van der Waals surface area contributed by atoms with Gasteiger partial charge in [0.05, 0.1) is 0 Å². The number of likely N-dealkylation sites (N-methyl/N-ethyl adjacent to an activating group) is 1. The standard InChI is InChI=1S/C11H14N2O.C4H4O4/c1-12-5-4-8-7-13-11-3-2-9(14)6-10(8)11;5-3(6)1-2-4(7)8/h2-3,6-7,12-14H,4-5H2,1H3;1-2H,(H,5,6)(H,7,8)/b;2-1-. The van der Waals surface area contributed by atoms with Crippen LogP contribution in [-0.4, -0.2) is 45.8 Å². The van der Waals surface area contributed by atoms with Gasteiger partial charge in [0.15, 0.2) is 0 Å². The van der Waals surface area contributed by atoms with Crippen LogP contribution in [0.15, 0.2) is 36.5 Å². The Morgan fingerprint density at radius 1 is 1.23 bits per heavy atom. The lowest BCUT2D eigenvalue weighted by Gasteiger charge is -1.98. The van der Waals surface area contributed by atoms with E-state index in [0.29, 0.717) is 17.9 Å². The Balaban J connectivity index is 0.000000261. The smallest absolute Gasteiger partial charge is 0.328 e. The first-order valence-corrected chi connectivity index (χ1v) is 6.51. The molecule has 0 aliphatic rings. The summed E-state index contributed by atoms with van der Waals surface area (Å²) < 4.78 is 0. The van der Waals surface area contributed by atoms with Gasteiger partial charge in [-0.05, 0) is 43.8 Å². The Morgan fingerprint density at radius 3 is 2.41 bits per heavy atom. The first-order chi connectivity index (χ1) is 10.4. The molecule has 2 rings (SSSR count). The molecule has 1 heterocycles. The molecule has 0 aliphatic carbocycles. The molecule has 0 fully saturated rings. The van der Waals surface area contributed by atoms with Crippen LogP contribution in [0.3, 0.4) is 0 Å². The summed E-state index contributed by atoms with van der Waals surface area (Å²) in [5, 5.41) is 29.2. The predicted octanol–water partition coefficient (Wildman–Crippen LogP) is 1.35. The number of aromatic nitrogens is 1. The van der Waals surface area contributed by atoms with Crippen LogP contribution in [0.2, 0.25) is 0 Å². The predicted molar refractivity (Wildman–Crippen MR) is 82.0 cm³/mol. The fourth-order valence-electron chi connectivity index (χ4n) is 1.78. The summed E-state index contributed by atoms with van der Waals surface area (Å²) in [6.07, 6.45) is 4.09. The molecule has 0 saturated carbocycles. The molecule has 1 aromatic heterocycles. The van der Waals surface area contributed by atoms with Gasteiger partial charge in [-0.3, -0.25) is 0 Å². The van der Waals surface area contributed by atoms with Gasteiger partial charge in [-0.2, -0.15) is 0 Å². The molecule has 118 valence electrons. The first-order valence-electron chi connectivity index (χ1n) is 6.51. The number of phenolic OH excluding ortho intramolecular Hbond substituents is 1. The number of fused-ring (bicyclic) bond motifs is 1. The third kappa shape index (κ3) is 5.68. The molecule has 0 saturated heterocycles. The van der Waals surface area contributed by atoms with Crippen molar-refractivity contribution in [3.05, 3.63) is 42.1 Å². The number of nitrogens with one attached hydrogen (secondary N) is 2. The quantitative estimate of drug-likeness (QED) is 0.531. The lowest BCUT2D eigenvalue weighted by atomic mass is 10.1. The van der Waals surface area contributed by atoms with Gasteiger partial charge in [-0.15, -0.1) is 0 Å². The largest absolute Gasteiger partial charge is 0.508 e. The Hall–Kier alpha value is -2.80. The second kappa shape index (κ2) is 8.48. The molecule has 0 spiro atoms. The molecule has 7 nitrogen and oxygen atoms in total. The molecule has 1 aromatic carbocycles. The maximum Gasteiger partial charge on any atom is 0.328 e. The topological polar surface area (TPSA) is 123 Å². The molecule has 0 atom stereocenters. The van der Waals surface area contributed by atoms with Gasteiger partial charge < -0.3 is 25.6 Å². The van der Waals surface area contributed by atoms with Crippen molar-refractivity contribution in [3.8, 4) is 5.75 Å². The van der Waals surface area contributed by atoms with Crippen molar-refractivity contribution < 1.29 is 24.9 Å². The van der Waals surface area contributed by atoms with Gasteiger partial charge in [-0.1, -0.05) is 0 Å². The fourth-order valence-corrected chi connectivity index (χ4v) is 1.78. The minimum absolute atomic E-state index is 0.322. The van der Waals surface area contributed by atoms with Gasteiger partial charge in [0.1, 0.15) is 5.75 Å². The Labute approximate surface area is 126 Å². The highest BCUT2D eigenvalue weighted by Gasteiger charge is 2.03. The third-order valence-electron chi connectivity index (χ3n) is 2.76. The molecular formula is C15H18N2O5. The zero-order valence-electron chi connectivity index (χ0n) is 12.0. The van der Waals surface area contributed by atoms with Crippen molar-refractivity contribution in [1.29, 1.82) is 0 Å². The average Bonchev–Trinajstić information content (AvgIpc) is 2.86. The number of aliphatic carboxylic acids is 2. The number of aromatic amines is 1. The molecule has 7 heteroatoms. The van der Waals surface area contributed by atoms with Crippen LogP contribution in [-0.2, 0) is 16.0 Å². The molecule has 5 N–H and O–H groups in total. The normalized spacial score (nSPS) is 10.4. The summed E-state index contributed by atoms with van der Waals surface area (Å²) >= 11 is 0. The number of H-pyrrole nitrogens is 1. The molecular weight excluding hydrogens is 288 g/mol. The van der Waals surface area contributed by atoms with Gasteiger partial charge in [0, 0.05) is 29.3 Å². The Bertz CT molecular complexity index is 660. The highest BCUT2D eigenvalue weighted by molar-refractivity contribution is 5.89. The van der Waals surface area contributed by atoms with Crippen molar-refractivity contribution in [2.75, 3.05) is 13.6 Å². The lowest BCUT2D eigenvalue weighted by Crippen LogP contribution is -2.09. The van der Waals surface area contributed by atoms with Crippen molar-refractivity contribution in [3.63, 3.8) is 0 Å². The van der Waals surface area contributed by atoms with E-state index < -0.39 is 11.9 Å². The maximum absolute atomic E-state index is 9.55. The van der Waals surface area contributed by atoms with Crippen LogP contribution < -0.4 is 5.32 Å². The third-order valence-corrected chi connectivity index (χ3v) is 2.76. The van der Waals surface area contributed by atoms with E-state index in [0.717, 1.165) is 23.9 Å². The summed E-state index contributed by atoms with van der Waals surface area (Å²) in [6, 6.07) is 5.39. The van der Waals surface area contributed by atoms with E-state index in [1.807, 2.05) is 19.3 Å². The van der Waals surface area contributed by atoms with Crippen LogP contribution in [0.1, 0.15) is 5.56 Å². The SMILES string of the molecule is CNCCc1c[nH]c2ccc(O)cc12.O=C(O)/C=C\C(=O)O. The fraction of sp³-hybridized carbons (Fsp3) is 0.200. The van der Waals surface area contributed by atoms with E-state index in [2.05, 4.69) is 10.3 Å². The van der Waals surface area contributed by atoms with E-state index >= 15 is 0 Å². The summed E-state index contributed by atoms with van der Waals surface area (Å²) in [5.74, 6) is -2.19. The second-order valence-corrected chi connectivity index (χ2v) is 4.41. The van der Waals surface area contributed by atoms with Crippen molar-refractivity contribution >= 4 is 22.8 Å². The number of aromatic hydroxyl groups is 1. The second-order valence-electron chi connectivity index (χ2n) is 4.41. The summed E-state index contributed by atoms with van der Waals surface area (Å²) in [6.45, 7) is 0.947. The van der Waals surface area contributed by atoms with Crippen molar-refractivity contribution in [2.45, 2.75) is 6.42 Å². The highest BCUT2D eigenvalue weighted by atomic mass is 16.4. The molecule has 0 aliphatic heterocycles. The minimum atomic E-state index is -1.26. The van der Waals surface area contributed by atoms with Gasteiger partial charge >= 0.3 is 11.9 Å². The van der Waals surface area contributed by atoms with Gasteiger partial charge in [-0.25, -0.2) is 9.59 Å². The number of carboxylic acid groups (broad SMARTS) is 2. The Morgan fingerprint density at radius 2 is 1.86 bits per heavy atom. The van der Waals surface area contributed by atoms with E-state index in [1.54, 1.807) is 12.1 Å². The van der Waals surface area contributed by atoms with Crippen molar-refractivity contribution in [1.82, 2.24) is 10.3 Å². The maximum atomic E-state index is 9.55. The monoisotopic (exact) mass is 306 g/mol. The summed E-state index contributed by atoms with van der Waals surface area (Å²) in [4.78, 5) is 22.3. The first kappa shape index (κ1) is 17.3. The number of hydrogen-bond acceptors (Lipinski definition) is 4. The zero-order valence-corrected chi connectivity index (χ0v) is 12.0. The summed E-state index contributed by atoms with van der Waals surface area (Å²) in [7, 11) is 1.94. The van der Waals surface area contributed by atoms with Crippen LogP contribution >= 0.6 is 0 Å². The molecule has 0 amide bonds. The number of hydrogen-bond donors (Lipinski definition) is 5.